The quantitative estimate of drug-likeness (QED) is 0.824. The van der Waals surface area contributed by atoms with Crippen molar-refractivity contribution in [1.82, 2.24) is 4.90 Å². The highest BCUT2D eigenvalue weighted by Gasteiger charge is 2.38. The molecule has 18 heavy (non-hydrogen) atoms. The number of amides is 1. The van der Waals surface area contributed by atoms with Gasteiger partial charge in [-0.05, 0) is 32.6 Å². The van der Waals surface area contributed by atoms with Crippen molar-refractivity contribution < 1.29 is 19.4 Å². The van der Waals surface area contributed by atoms with Crippen molar-refractivity contribution in [2.45, 2.75) is 63.7 Å². The summed E-state index contributed by atoms with van der Waals surface area (Å²) in [5.41, 5.74) is 0. The second kappa shape index (κ2) is 5.69. The van der Waals surface area contributed by atoms with Crippen molar-refractivity contribution in [2.24, 2.45) is 0 Å². The highest BCUT2D eigenvalue weighted by atomic mass is 16.5. The van der Waals surface area contributed by atoms with Crippen LogP contribution in [0.5, 0.6) is 0 Å². The number of ether oxygens (including phenoxy) is 1. The summed E-state index contributed by atoms with van der Waals surface area (Å²) < 4.78 is 5.34. The summed E-state index contributed by atoms with van der Waals surface area (Å²) in [6.07, 6.45) is 4.10. The number of aliphatic carboxylic acids is 1. The van der Waals surface area contributed by atoms with Crippen molar-refractivity contribution in [3.05, 3.63) is 0 Å². The van der Waals surface area contributed by atoms with Gasteiger partial charge in [-0.15, -0.1) is 0 Å². The third kappa shape index (κ3) is 2.66. The van der Waals surface area contributed by atoms with Crippen LogP contribution in [-0.4, -0.2) is 46.7 Å². The monoisotopic (exact) mass is 255 g/mol. The Morgan fingerprint density at radius 1 is 1.17 bits per heavy atom. The fourth-order valence-electron chi connectivity index (χ4n) is 3.00. The fourth-order valence-corrected chi connectivity index (χ4v) is 3.00. The van der Waals surface area contributed by atoms with Gasteiger partial charge in [-0.2, -0.15) is 0 Å². The molecule has 1 N–H and O–H groups in total. The maximum absolute atomic E-state index is 12.3. The molecule has 1 heterocycles. The minimum Gasteiger partial charge on any atom is -0.479 e. The van der Waals surface area contributed by atoms with E-state index < -0.39 is 18.2 Å². The Balaban J connectivity index is 1.95. The van der Waals surface area contributed by atoms with E-state index in [0.717, 1.165) is 12.8 Å². The summed E-state index contributed by atoms with van der Waals surface area (Å²) in [4.78, 5) is 25.0. The number of hydrogen-bond acceptors (Lipinski definition) is 3. The Bertz CT molecular complexity index is 325. The van der Waals surface area contributed by atoms with Crippen molar-refractivity contribution in [2.75, 3.05) is 6.54 Å². The number of carboxylic acid groups (broad SMARTS) is 1. The first-order chi connectivity index (χ1) is 8.63. The zero-order valence-electron chi connectivity index (χ0n) is 10.8. The van der Waals surface area contributed by atoms with Crippen LogP contribution in [0.3, 0.4) is 0 Å². The minimum absolute atomic E-state index is 0.0202. The van der Waals surface area contributed by atoms with E-state index in [4.69, 9.17) is 9.84 Å². The summed E-state index contributed by atoms with van der Waals surface area (Å²) in [6, 6.07) is 0.329. The lowest BCUT2D eigenvalue weighted by atomic mass is 10.1. The molecule has 2 fully saturated rings. The van der Waals surface area contributed by atoms with Gasteiger partial charge >= 0.3 is 5.97 Å². The first kappa shape index (κ1) is 13.3. The van der Waals surface area contributed by atoms with Gasteiger partial charge in [-0.25, -0.2) is 4.79 Å². The number of carbonyl (C=O) groups is 2. The molecular weight excluding hydrogens is 234 g/mol. The van der Waals surface area contributed by atoms with Gasteiger partial charge in [0.15, 0.2) is 6.10 Å². The fraction of sp³-hybridized carbons (Fsp3) is 0.846. The molecule has 5 nitrogen and oxygen atoms in total. The molecule has 2 unspecified atom stereocenters. The lowest BCUT2D eigenvalue weighted by molar-refractivity contribution is -0.155. The summed E-state index contributed by atoms with van der Waals surface area (Å²) in [5.74, 6) is -0.984. The van der Waals surface area contributed by atoms with Gasteiger partial charge in [-0.3, -0.25) is 4.79 Å². The summed E-state index contributed by atoms with van der Waals surface area (Å²) >= 11 is 0. The van der Waals surface area contributed by atoms with Crippen LogP contribution in [0.15, 0.2) is 0 Å². The molecule has 0 bridgehead atoms. The van der Waals surface area contributed by atoms with E-state index in [9.17, 15) is 9.59 Å². The van der Waals surface area contributed by atoms with E-state index in [0.29, 0.717) is 25.4 Å². The lowest BCUT2D eigenvalue weighted by Gasteiger charge is -2.29. The van der Waals surface area contributed by atoms with Crippen molar-refractivity contribution in [3.8, 4) is 0 Å². The number of carbonyl (C=O) groups excluding carboxylic acids is 1. The number of hydrogen-bond donors (Lipinski definition) is 1. The Kier molecular flexibility index (Phi) is 4.22. The van der Waals surface area contributed by atoms with Gasteiger partial charge in [0.25, 0.3) is 5.91 Å². The molecule has 5 heteroatoms. The highest BCUT2D eigenvalue weighted by Crippen LogP contribution is 2.27. The molecule has 2 aliphatic rings. The predicted molar refractivity (Wildman–Crippen MR) is 65.2 cm³/mol. The van der Waals surface area contributed by atoms with Crippen LogP contribution in [0.4, 0.5) is 0 Å². The average Bonchev–Trinajstić information content (AvgIpc) is 3.01. The Labute approximate surface area is 107 Å². The maximum Gasteiger partial charge on any atom is 0.332 e. The molecule has 102 valence electrons. The van der Waals surface area contributed by atoms with Gasteiger partial charge in [0.1, 0.15) is 6.10 Å². The lowest BCUT2D eigenvalue weighted by Crippen LogP contribution is -2.44. The third-order valence-corrected chi connectivity index (χ3v) is 3.96. The molecule has 1 saturated heterocycles. The van der Waals surface area contributed by atoms with Gasteiger partial charge in [0.05, 0.1) is 0 Å². The zero-order chi connectivity index (χ0) is 13.1. The summed E-state index contributed by atoms with van der Waals surface area (Å²) in [7, 11) is 0. The molecule has 0 aromatic rings. The Morgan fingerprint density at radius 3 is 2.28 bits per heavy atom. The van der Waals surface area contributed by atoms with Crippen molar-refractivity contribution in [3.63, 3.8) is 0 Å². The van der Waals surface area contributed by atoms with Crippen LogP contribution in [-0.2, 0) is 14.3 Å². The Hall–Kier alpha value is -1.10. The van der Waals surface area contributed by atoms with Crippen LogP contribution in [0.1, 0.15) is 45.4 Å². The number of carboxylic acids is 1. The summed E-state index contributed by atoms with van der Waals surface area (Å²) in [5, 5.41) is 8.87. The number of nitrogens with zero attached hydrogens (tertiary/aromatic N) is 1. The molecule has 0 aromatic heterocycles. The maximum atomic E-state index is 12.3. The minimum atomic E-state index is -0.964. The summed E-state index contributed by atoms with van der Waals surface area (Å²) in [6.45, 7) is 2.65. The molecule has 1 amide bonds. The van der Waals surface area contributed by atoms with E-state index in [2.05, 4.69) is 0 Å². The van der Waals surface area contributed by atoms with Crippen LogP contribution in [0.2, 0.25) is 0 Å². The van der Waals surface area contributed by atoms with Crippen LogP contribution >= 0.6 is 0 Å². The van der Waals surface area contributed by atoms with Crippen LogP contribution in [0, 0.1) is 0 Å². The number of likely N-dealkylation sites (N-methyl/N-ethyl adjacent to an activating group) is 1. The second-order valence-electron chi connectivity index (χ2n) is 5.09. The van der Waals surface area contributed by atoms with E-state index in [1.54, 1.807) is 0 Å². The van der Waals surface area contributed by atoms with Gasteiger partial charge in [-0.1, -0.05) is 12.8 Å². The molecule has 2 atom stereocenters. The molecule has 1 saturated carbocycles. The first-order valence-corrected chi connectivity index (χ1v) is 6.82. The number of rotatable bonds is 4. The topological polar surface area (TPSA) is 66.8 Å². The third-order valence-electron chi connectivity index (χ3n) is 3.96. The van der Waals surface area contributed by atoms with Crippen molar-refractivity contribution >= 4 is 11.9 Å². The molecule has 1 aliphatic carbocycles. The average molecular weight is 255 g/mol. The van der Waals surface area contributed by atoms with E-state index in [1.807, 2.05) is 11.8 Å². The SMILES string of the molecule is CCN(C(=O)C1CCC(C(=O)O)O1)C1CCCC1. The smallest absolute Gasteiger partial charge is 0.332 e. The normalized spacial score (nSPS) is 28.5. The van der Waals surface area contributed by atoms with Gasteiger partial charge in [0, 0.05) is 12.6 Å². The molecular formula is C13H21NO4. The molecule has 1 aliphatic heterocycles. The van der Waals surface area contributed by atoms with E-state index >= 15 is 0 Å². The second-order valence-corrected chi connectivity index (χ2v) is 5.09. The standard InChI is InChI=1S/C13H21NO4/c1-2-14(9-5-3-4-6-9)12(15)10-7-8-11(18-10)13(16)17/h9-11H,2-8H2,1H3,(H,16,17). The van der Waals surface area contributed by atoms with E-state index in [-0.39, 0.29) is 5.91 Å². The largest absolute Gasteiger partial charge is 0.479 e. The molecule has 0 radical (unpaired) electrons. The zero-order valence-corrected chi connectivity index (χ0v) is 10.8. The molecule has 0 aromatic carbocycles. The predicted octanol–water partition coefficient (Wildman–Crippen LogP) is 1.41. The van der Waals surface area contributed by atoms with Crippen LogP contribution in [0.25, 0.3) is 0 Å². The van der Waals surface area contributed by atoms with Gasteiger partial charge < -0.3 is 14.7 Å². The molecule has 2 rings (SSSR count). The Morgan fingerprint density at radius 2 is 1.78 bits per heavy atom. The van der Waals surface area contributed by atoms with Crippen LogP contribution < -0.4 is 0 Å². The first-order valence-electron chi connectivity index (χ1n) is 6.82. The van der Waals surface area contributed by atoms with E-state index in [1.165, 1.54) is 12.8 Å². The van der Waals surface area contributed by atoms with Crippen molar-refractivity contribution in [1.29, 1.82) is 0 Å². The van der Waals surface area contributed by atoms with Gasteiger partial charge in [0.2, 0.25) is 0 Å². The molecule has 0 spiro atoms. The highest BCUT2D eigenvalue weighted by molar-refractivity contribution is 5.83.